The average molecular weight is 409 g/mol. The van der Waals surface area contributed by atoms with Gasteiger partial charge >= 0.3 is 0 Å². The number of carbonyl (C=O) groups is 1. The molecule has 0 bridgehead atoms. The van der Waals surface area contributed by atoms with Crippen molar-refractivity contribution in [3.63, 3.8) is 0 Å². The van der Waals surface area contributed by atoms with Gasteiger partial charge in [-0.3, -0.25) is 4.79 Å². The molecular formula is C21H29FN2O3S. The van der Waals surface area contributed by atoms with Crippen molar-refractivity contribution in [3.8, 4) is 0 Å². The lowest BCUT2D eigenvalue weighted by Gasteiger charge is -2.33. The first-order chi connectivity index (χ1) is 13.4. The minimum atomic E-state index is -3.26. The monoisotopic (exact) mass is 408 g/mol. The number of hydrogen-bond donors (Lipinski definition) is 0. The van der Waals surface area contributed by atoms with Crippen LogP contribution in [0.5, 0.6) is 0 Å². The van der Waals surface area contributed by atoms with Gasteiger partial charge in [-0.25, -0.2) is 17.1 Å². The zero-order valence-electron chi connectivity index (χ0n) is 16.4. The third-order valence-electron chi connectivity index (χ3n) is 6.82. The summed E-state index contributed by atoms with van der Waals surface area (Å²) in [5, 5.41) is 0. The van der Waals surface area contributed by atoms with Crippen molar-refractivity contribution in [3.05, 3.63) is 35.6 Å². The van der Waals surface area contributed by atoms with E-state index in [0.29, 0.717) is 19.6 Å². The fourth-order valence-electron chi connectivity index (χ4n) is 5.34. The van der Waals surface area contributed by atoms with E-state index in [4.69, 9.17) is 0 Å². The van der Waals surface area contributed by atoms with Crippen molar-refractivity contribution in [1.29, 1.82) is 0 Å². The summed E-state index contributed by atoms with van der Waals surface area (Å²) >= 11 is 0. The van der Waals surface area contributed by atoms with Crippen molar-refractivity contribution in [2.45, 2.75) is 45.1 Å². The Bertz CT molecular complexity index is 838. The summed E-state index contributed by atoms with van der Waals surface area (Å²) in [5.74, 6) is 0.133. The molecule has 0 unspecified atom stereocenters. The molecule has 2 aliphatic heterocycles. The topological polar surface area (TPSA) is 57.7 Å². The Labute approximate surface area is 166 Å². The summed E-state index contributed by atoms with van der Waals surface area (Å²) in [7, 11) is -3.26. The molecule has 0 radical (unpaired) electrons. The normalized spacial score (nSPS) is 29.2. The maximum Gasteiger partial charge on any atom is 0.226 e. The van der Waals surface area contributed by atoms with Gasteiger partial charge < -0.3 is 4.90 Å². The lowest BCUT2D eigenvalue weighted by Crippen LogP contribution is -2.40. The van der Waals surface area contributed by atoms with Gasteiger partial charge in [-0.1, -0.05) is 31.4 Å². The third kappa shape index (κ3) is 3.59. The summed E-state index contributed by atoms with van der Waals surface area (Å²) in [4.78, 5) is 15.3. The van der Waals surface area contributed by atoms with E-state index in [9.17, 15) is 17.6 Å². The van der Waals surface area contributed by atoms with E-state index in [1.165, 1.54) is 18.6 Å². The van der Waals surface area contributed by atoms with E-state index in [2.05, 4.69) is 0 Å². The van der Waals surface area contributed by atoms with Crippen LogP contribution in [0.1, 0.15) is 50.6 Å². The summed E-state index contributed by atoms with van der Waals surface area (Å²) in [6, 6.07) is 6.22. The second-order valence-corrected chi connectivity index (χ2v) is 10.7. The van der Waals surface area contributed by atoms with Gasteiger partial charge in [0, 0.05) is 31.5 Å². The molecule has 1 saturated carbocycles. The summed E-state index contributed by atoms with van der Waals surface area (Å²) < 4.78 is 40.3. The predicted octanol–water partition coefficient (Wildman–Crippen LogP) is 3.19. The Morgan fingerprint density at radius 1 is 1.14 bits per heavy atom. The largest absolute Gasteiger partial charge is 0.335 e. The van der Waals surface area contributed by atoms with Gasteiger partial charge in [-0.05, 0) is 43.4 Å². The van der Waals surface area contributed by atoms with E-state index < -0.39 is 10.0 Å². The summed E-state index contributed by atoms with van der Waals surface area (Å²) in [6.07, 6.45) is 5.22. The number of sulfonamides is 1. The fourth-order valence-corrected chi connectivity index (χ4v) is 6.53. The van der Waals surface area contributed by atoms with Gasteiger partial charge in [0.2, 0.25) is 15.9 Å². The lowest BCUT2D eigenvalue weighted by atomic mass is 9.87. The van der Waals surface area contributed by atoms with Crippen molar-refractivity contribution >= 4 is 15.9 Å². The standard InChI is InChI=1S/C21H29FN2O3S/c1-2-28(26,27)23-12-17-13-24(21(25)15-7-4-3-5-8-15)20(19(17)14-23)16-9-6-10-18(22)11-16/h6,9-11,15,17,19-20H,2-5,7-8,12-14H2,1H3/t17-,19-,20-/m0/s1. The number of fused-ring (bicyclic) bond motifs is 1. The highest BCUT2D eigenvalue weighted by atomic mass is 32.2. The van der Waals surface area contributed by atoms with Gasteiger partial charge in [0.1, 0.15) is 5.82 Å². The van der Waals surface area contributed by atoms with Crippen molar-refractivity contribution in [1.82, 2.24) is 9.21 Å². The average Bonchev–Trinajstić information content (AvgIpc) is 3.26. The highest BCUT2D eigenvalue weighted by Crippen LogP contribution is 2.47. The van der Waals surface area contributed by atoms with Crippen molar-refractivity contribution in [2.24, 2.45) is 17.8 Å². The Morgan fingerprint density at radius 2 is 1.89 bits per heavy atom. The Kier molecular flexibility index (Phi) is 5.49. The number of likely N-dealkylation sites (tertiary alicyclic amines) is 1. The van der Waals surface area contributed by atoms with Crippen LogP contribution in [-0.4, -0.2) is 48.9 Å². The van der Waals surface area contributed by atoms with Crippen molar-refractivity contribution < 1.29 is 17.6 Å². The first kappa shape index (κ1) is 19.8. The van der Waals surface area contributed by atoms with Crippen LogP contribution in [0.4, 0.5) is 4.39 Å². The Hall–Kier alpha value is -1.47. The summed E-state index contributed by atoms with van der Waals surface area (Å²) in [6.45, 7) is 3.10. The molecule has 1 aromatic carbocycles. The number of rotatable bonds is 4. The smallest absolute Gasteiger partial charge is 0.226 e. The molecule has 0 N–H and O–H groups in total. The molecule has 2 heterocycles. The molecule has 7 heteroatoms. The van der Waals surface area contributed by atoms with Crippen LogP contribution >= 0.6 is 0 Å². The molecule has 4 rings (SSSR count). The minimum absolute atomic E-state index is 0.0238. The maximum absolute atomic E-state index is 14.0. The summed E-state index contributed by atoms with van der Waals surface area (Å²) in [5.41, 5.74) is 0.785. The lowest BCUT2D eigenvalue weighted by molar-refractivity contribution is -0.138. The van der Waals surface area contributed by atoms with Crippen LogP contribution in [0, 0.1) is 23.6 Å². The number of carbonyl (C=O) groups excluding carboxylic acids is 1. The van der Waals surface area contributed by atoms with E-state index in [1.807, 2.05) is 11.0 Å². The van der Waals surface area contributed by atoms with Gasteiger partial charge in [-0.2, -0.15) is 0 Å². The van der Waals surface area contributed by atoms with Crippen molar-refractivity contribution in [2.75, 3.05) is 25.4 Å². The fraction of sp³-hybridized carbons (Fsp3) is 0.667. The van der Waals surface area contributed by atoms with Gasteiger partial charge in [0.15, 0.2) is 0 Å². The molecule has 3 atom stereocenters. The Balaban J connectivity index is 1.64. The molecule has 1 amide bonds. The van der Waals surface area contributed by atoms with Gasteiger partial charge in [0.05, 0.1) is 11.8 Å². The molecule has 28 heavy (non-hydrogen) atoms. The predicted molar refractivity (Wildman–Crippen MR) is 105 cm³/mol. The Morgan fingerprint density at radius 3 is 2.57 bits per heavy atom. The SMILES string of the molecule is CCS(=O)(=O)N1C[C@H]2CN(C(=O)C3CCCCC3)[C@@H](c3cccc(F)c3)[C@H]2C1. The minimum Gasteiger partial charge on any atom is -0.335 e. The highest BCUT2D eigenvalue weighted by molar-refractivity contribution is 7.89. The number of nitrogens with zero attached hydrogens (tertiary/aromatic N) is 2. The molecule has 1 aliphatic carbocycles. The first-order valence-electron chi connectivity index (χ1n) is 10.4. The molecule has 1 aromatic rings. The number of amides is 1. The molecule has 0 aromatic heterocycles. The first-order valence-corrected chi connectivity index (χ1v) is 12.1. The maximum atomic E-state index is 14.0. The van der Waals surface area contributed by atoms with Gasteiger partial charge in [-0.15, -0.1) is 0 Å². The molecule has 5 nitrogen and oxygen atoms in total. The van der Waals surface area contributed by atoms with E-state index >= 15 is 0 Å². The van der Waals surface area contributed by atoms with Crippen LogP contribution in [0.2, 0.25) is 0 Å². The number of benzene rings is 1. The molecule has 3 aliphatic rings. The molecule has 0 spiro atoms. The van der Waals surface area contributed by atoms with Crippen LogP contribution < -0.4 is 0 Å². The van der Waals surface area contributed by atoms with E-state index in [1.54, 1.807) is 17.3 Å². The van der Waals surface area contributed by atoms with E-state index in [0.717, 1.165) is 31.2 Å². The van der Waals surface area contributed by atoms with E-state index in [-0.39, 0.29) is 41.3 Å². The quantitative estimate of drug-likeness (QED) is 0.769. The van der Waals surface area contributed by atoms with Crippen LogP contribution in [0.25, 0.3) is 0 Å². The van der Waals surface area contributed by atoms with Crippen LogP contribution in [0.3, 0.4) is 0 Å². The second kappa shape index (κ2) is 7.75. The van der Waals surface area contributed by atoms with Gasteiger partial charge in [0.25, 0.3) is 0 Å². The molecule has 154 valence electrons. The van der Waals surface area contributed by atoms with Crippen LogP contribution in [-0.2, 0) is 14.8 Å². The molecule has 2 saturated heterocycles. The third-order valence-corrected chi connectivity index (χ3v) is 8.63. The number of halogens is 1. The number of hydrogen-bond acceptors (Lipinski definition) is 3. The molecule has 3 fully saturated rings. The van der Waals surface area contributed by atoms with Crippen LogP contribution in [0.15, 0.2) is 24.3 Å². The highest BCUT2D eigenvalue weighted by Gasteiger charge is 2.51. The zero-order valence-corrected chi connectivity index (χ0v) is 17.2. The molecular weight excluding hydrogens is 379 g/mol. The zero-order chi connectivity index (χ0) is 19.9. The second-order valence-electron chi connectivity index (χ2n) is 8.47.